The zero-order valence-corrected chi connectivity index (χ0v) is 16.1. The molecular weight excluding hydrogens is 328 g/mol. The Kier molecular flexibility index (Phi) is 6.20. The van der Waals surface area contributed by atoms with E-state index in [-0.39, 0.29) is 11.5 Å². The van der Waals surface area contributed by atoms with Crippen molar-refractivity contribution in [1.29, 1.82) is 0 Å². The number of fused-ring (bicyclic) bond motifs is 4. The molecule has 2 aliphatic carbocycles. The summed E-state index contributed by atoms with van der Waals surface area (Å²) in [6.07, 6.45) is 7.49. The van der Waals surface area contributed by atoms with Crippen molar-refractivity contribution in [3.63, 3.8) is 0 Å². The minimum atomic E-state index is -0.415. The van der Waals surface area contributed by atoms with E-state index in [1.165, 1.54) is 36.8 Å². The molecule has 1 aromatic rings. The summed E-state index contributed by atoms with van der Waals surface area (Å²) in [4.78, 5) is 12.0. The molecule has 0 aromatic heterocycles. The largest absolute Gasteiger partial charge is 0.412 e. The predicted octanol–water partition coefficient (Wildman–Crippen LogP) is 3.53. The van der Waals surface area contributed by atoms with Crippen LogP contribution in [0.4, 0.5) is 4.79 Å². The highest BCUT2D eigenvalue weighted by molar-refractivity contribution is 5.70. The molecule has 26 heavy (non-hydrogen) atoms. The van der Waals surface area contributed by atoms with Gasteiger partial charge in [0.15, 0.2) is 0 Å². The molecule has 5 nitrogen and oxygen atoms in total. The fourth-order valence-electron chi connectivity index (χ4n) is 4.65. The molecule has 1 fully saturated rings. The third kappa shape index (κ3) is 4.04. The van der Waals surface area contributed by atoms with Crippen LogP contribution in [0.5, 0.6) is 5.75 Å². The molecule has 1 unspecified atom stereocenters. The second-order valence-electron chi connectivity index (χ2n) is 7.99. The van der Waals surface area contributed by atoms with E-state index in [2.05, 4.69) is 18.3 Å². The number of hydrogen-bond acceptors (Lipinski definition) is 4. The second-order valence-corrected chi connectivity index (χ2v) is 7.99. The molecule has 1 amide bonds. The van der Waals surface area contributed by atoms with Crippen molar-refractivity contribution in [1.82, 2.24) is 5.32 Å². The van der Waals surface area contributed by atoms with Crippen LogP contribution in [0.1, 0.15) is 56.6 Å². The van der Waals surface area contributed by atoms with Gasteiger partial charge in [-0.2, -0.15) is 0 Å². The Balaban J connectivity index is 1.75. The van der Waals surface area contributed by atoms with E-state index in [1.807, 2.05) is 12.1 Å². The van der Waals surface area contributed by atoms with E-state index < -0.39 is 6.09 Å². The predicted molar refractivity (Wildman–Crippen MR) is 103 cm³/mol. The van der Waals surface area contributed by atoms with Crippen molar-refractivity contribution < 1.29 is 14.3 Å². The van der Waals surface area contributed by atoms with Gasteiger partial charge in [-0.05, 0) is 54.9 Å². The Morgan fingerprint density at radius 3 is 3.00 bits per heavy atom. The molecule has 3 atom stereocenters. The van der Waals surface area contributed by atoms with Crippen LogP contribution in [0.15, 0.2) is 18.2 Å². The van der Waals surface area contributed by atoms with Crippen molar-refractivity contribution >= 4 is 6.09 Å². The molecule has 0 aliphatic heterocycles. The monoisotopic (exact) mass is 360 g/mol. The molecule has 0 heterocycles. The van der Waals surface area contributed by atoms with Crippen LogP contribution in [0.3, 0.4) is 0 Å². The fourth-order valence-corrected chi connectivity index (χ4v) is 4.65. The zero-order chi connectivity index (χ0) is 18.6. The third-order valence-electron chi connectivity index (χ3n) is 6.20. The van der Waals surface area contributed by atoms with Crippen LogP contribution in [0.25, 0.3) is 0 Å². The maximum atomic E-state index is 12.0. The van der Waals surface area contributed by atoms with Crippen molar-refractivity contribution in [2.75, 3.05) is 20.3 Å². The molecule has 2 aliphatic rings. The lowest BCUT2D eigenvalue weighted by Gasteiger charge is -2.47. The average molecular weight is 360 g/mol. The van der Waals surface area contributed by atoms with Gasteiger partial charge < -0.3 is 20.5 Å². The number of carbonyl (C=O) groups excluding carboxylic acids is 1. The Morgan fingerprint density at radius 2 is 2.19 bits per heavy atom. The van der Waals surface area contributed by atoms with Gasteiger partial charge in [0, 0.05) is 31.7 Å². The summed E-state index contributed by atoms with van der Waals surface area (Å²) in [6.45, 7) is 3.46. The van der Waals surface area contributed by atoms with Crippen molar-refractivity contribution in [3.8, 4) is 5.75 Å². The maximum Gasteiger partial charge on any atom is 0.412 e. The number of methoxy groups -OCH3 is 1. The summed E-state index contributed by atoms with van der Waals surface area (Å²) < 4.78 is 10.5. The van der Waals surface area contributed by atoms with E-state index in [0.29, 0.717) is 24.8 Å². The third-order valence-corrected chi connectivity index (χ3v) is 6.20. The maximum absolute atomic E-state index is 12.0. The minimum Gasteiger partial charge on any atom is -0.410 e. The number of carbonyl (C=O) groups is 1. The highest BCUT2D eigenvalue weighted by atomic mass is 16.6. The van der Waals surface area contributed by atoms with E-state index in [9.17, 15) is 4.79 Å². The summed E-state index contributed by atoms with van der Waals surface area (Å²) in [5.41, 5.74) is 9.32. The van der Waals surface area contributed by atoms with Crippen LogP contribution in [0.2, 0.25) is 0 Å². The normalized spacial score (nSPS) is 27.8. The summed E-state index contributed by atoms with van der Waals surface area (Å²) >= 11 is 0. The van der Waals surface area contributed by atoms with Crippen LogP contribution >= 0.6 is 0 Å². The second kappa shape index (κ2) is 8.40. The van der Waals surface area contributed by atoms with Gasteiger partial charge in [-0.15, -0.1) is 0 Å². The SMILES string of the molecule is COCCCNC(=O)Oc1ccc2c(c1)[C@@]1(C)CCCCCC(C2)[C@@H]1N. The summed E-state index contributed by atoms with van der Waals surface area (Å²) in [5, 5.41) is 2.76. The summed E-state index contributed by atoms with van der Waals surface area (Å²) in [7, 11) is 1.65. The molecular formula is C21H32N2O3. The molecule has 2 bridgehead atoms. The van der Waals surface area contributed by atoms with Gasteiger partial charge in [0.05, 0.1) is 0 Å². The first-order valence-electron chi connectivity index (χ1n) is 9.88. The molecule has 3 N–H and O–H groups in total. The molecule has 1 aromatic carbocycles. The van der Waals surface area contributed by atoms with Crippen molar-refractivity contribution in [3.05, 3.63) is 29.3 Å². The number of nitrogens with one attached hydrogen (secondary N) is 1. The molecule has 3 rings (SSSR count). The number of nitrogens with two attached hydrogens (primary N) is 1. The average Bonchev–Trinajstić information content (AvgIpc) is 2.63. The first kappa shape index (κ1) is 19.2. The number of amides is 1. The molecule has 144 valence electrons. The Labute approximate surface area is 156 Å². The smallest absolute Gasteiger partial charge is 0.410 e. The van der Waals surface area contributed by atoms with Crippen molar-refractivity contribution in [2.24, 2.45) is 11.7 Å². The van der Waals surface area contributed by atoms with E-state index in [1.54, 1.807) is 7.11 Å². The van der Waals surface area contributed by atoms with E-state index in [4.69, 9.17) is 15.2 Å². The lowest BCUT2D eigenvalue weighted by atomic mass is 9.60. The molecule has 0 radical (unpaired) electrons. The molecule has 0 saturated heterocycles. The van der Waals surface area contributed by atoms with Gasteiger partial charge in [-0.1, -0.05) is 32.3 Å². The lowest BCUT2D eigenvalue weighted by molar-refractivity contribution is 0.185. The Hall–Kier alpha value is -1.59. The number of benzene rings is 1. The molecule has 0 spiro atoms. The number of rotatable bonds is 5. The number of ether oxygens (including phenoxy) is 2. The highest BCUT2D eigenvalue weighted by Gasteiger charge is 2.43. The zero-order valence-electron chi connectivity index (χ0n) is 16.1. The van der Waals surface area contributed by atoms with E-state index in [0.717, 1.165) is 19.3 Å². The van der Waals surface area contributed by atoms with Crippen LogP contribution in [-0.4, -0.2) is 32.4 Å². The summed E-state index contributed by atoms with van der Waals surface area (Å²) in [5.74, 6) is 1.16. The quantitative estimate of drug-likeness (QED) is 0.788. The minimum absolute atomic E-state index is 0.0347. The standard InChI is InChI=1S/C21H32N2O3/c1-21-10-5-3-4-7-16(19(21)22)13-15-8-9-17(14-18(15)21)26-20(24)23-11-6-12-25-2/h8-9,14,16,19H,3-7,10-13,22H2,1-2H3,(H,23,24)/t16?,19-,21+/m0/s1. The van der Waals surface area contributed by atoms with Crippen LogP contribution in [0, 0.1) is 5.92 Å². The van der Waals surface area contributed by atoms with E-state index >= 15 is 0 Å². The topological polar surface area (TPSA) is 73.6 Å². The molecule has 5 heteroatoms. The van der Waals surface area contributed by atoms with Gasteiger partial charge in [0.1, 0.15) is 5.75 Å². The first-order chi connectivity index (χ1) is 12.5. The first-order valence-corrected chi connectivity index (χ1v) is 9.88. The van der Waals surface area contributed by atoms with Gasteiger partial charge >= 0.3 is 6.09 Å². The lowest BCUT2D eigenvalue weighted by Crippen LogP contribution is -2.52. The summed E-state index contributed by atoms with van der Waals surface area (Å²) in [6, 6.07) is 6.25. The van der Waals surface area contributed by atoms with Crippen LogP contribution < -0.4 is 15.8 Å². The molecule has 1 saturated carbocycles. The Morgan fingerprint density at radius 1 is 1.35 bits per heavy atom. The van der Waals surface area contributed by atoms with Gasteiger partial charge in [-0.25, -0.2) is 4.79 Å². The van der Waals surface area contributed by atoms with Gasteiger partial charge in [0.25, 0.3) is 0 Å². The van der Waals surface area contributed by atoms with Gasteiger partial charge in [-0.3, -0.25) is 0 Å². The van der Waals surface area contributed by atoms with Gasteiger partial charge in [0.2, 0.25) is 0 Å². The van der Waals surface area contributed by atoms with Crippen molar-refractivity contribution in [2.45, 2.75) is 63.3 Å². The Bertz CT molecular complexity index is 634. The van der Waals surface area contributed by atoms with Crippen LogP contribution in [-0.2, 0) is 16.6 Å². The number of hydrogen-bond donors (Lipinski definition) is 2. The highest BCUT2D eigenvalue weighted by Crippen LogP contribution is 2.46. The fraction of sp³-hybridized carbons (Fsp3) is 0.667.